The van der Waals surface area contributed by atoms with Crippen molar-refractivity contribution in [3.8, 4) is 5.75 Å². The molecule has 84 valence electrons. The zero-order chi connectivity index (χ0) is 11.3. The molecule has 0 saturated carbocycles. The zero-order valence-electron chi connectivity index (χ0n) is 9.86. The van der Waals surface area contributed by atoms with E-state index in [1.165, 1.54) is 0 Å². The molecule has 2 N–H and O–H groups in total. The Kier molecular flexibility index (Phi) is 4.63. The smallest absolute Gasteiger partial charge is 0.119 e. The van der Waals surface area contributed by atoms with Crippen molar-refractivity contribution in [2.24, 2.45) is 11.7 Å². The highest BCUT2D eigenvalue weighted by Gasteiger charge is 2.10. The summed E-state index contributed by atoms with van der Waals surface area (Å²) in [5, 5.41) is 0. The Labute approximate surface area is 92.4 Å². The molecule has 0 aliphatic heterocycles. The quantitative estimate of drug-likeness (QED) is 0.805. The Bertz CT molecular complexity index is 296. The Morgan fingerprint density at radius 2 is 2.07 bits per heavy atom. The summed E-state index contributed by atoms with van der Waals surface area (Å²) >= 11 is 0. The van der Waals surface area contributed by atoms with Gasteiger partial charge in [-0.1, -0.05) is 32.9 Å². The van der Waals surface area contributed by atoms with Crippen LogP contribution in [0.15, 0.2) is 24.3 Å². The fourth-order valence-electron chi connectivity index (χ4n) is 1.42. The molecule has 1 aromatic carbocycles. The summed E-state index contributed by atoms with van der Waals surface area (Å²) in [4.78, 5) is 0. The largest absolute Gasteiger partial charge is 0.494 e. The van der Waals surface area contributed by atoms with Crippen LogP contribution in [0.3, 0.4) is 0 Å². The highest BCUT2D eigenvalue weighted by molar-refractivity contribution is 5.30. The first kappa shape index (κ1) is 12.1. The highest BCUT2D eigenvalue weighted by atomic mass is 16.5. The van der Waals surface area contributed by atoms with Gasteiger partial charge in [0.05, 0.1) is 6.61 Å². The predicted octanol–water partition coefficient (Wildman–Crippen LogP) is 3.13. The maximum absolute atomic E-state index is 6.08. The molecule has 2 heteroatoms. The Morgan fingerprint density at radius 3 is 2.67 bits per heavy atom. The molecule has 0 bridgehead atoms. The first-order chi connectivity index (χ1) is 7.15. The number of benzene rings is 1. The molecule has 0 saturated heterocycles. The highest BCUT2D eigenvalue weighted by Crippen LogP contribution is 2.22. The van der Waals surface area contributed by atoms with Gasteiger partial charge in [-0.15, -0.1) is 0 Å². The fraction of sp³-hybridized carbons (Fsp3) is 0.538. The first-order valence-corrected chi connectivity index (χ1v) is 5.63. The van der Waals surface area contributed by atoms with Crippen LogP contribution in [0.1, 0.15) is 38.8 Å². The number of hydrogen-bond donors (Lipinski definition) is 1. The van der Waals surface area contributed by atoms with Gasteiger partial charge in [0.15, 0.2) is 0 Å². The lowest BCUT2D eigenvalue weighted by atomic mass is 9.97. The number of rotatable bonds is 5. The van der Waals surface area contributed by atoms with Gasteiger partial charge in [0, 0.05) is 6.04 Å². The molecule has 0 unspecified atom stereocenters. The fourth-order valence-corrected chi connectivity index (χ4v) is 1.42. The molecule has 0 aliphatic rings. The van der Waals surface area contributed by atoms with Gasteiger partial charge >= 0.3 is 0 Å². The van der Waals surface area contributed by atoms with Gasteiger partial charge in [0.25, 0.3) is 0 Å². The summed E-state index contributed by atoms with van der Waals surface area (Å²) in [6.07, 6.45) is 1.03. The summed E-state index contributed by atoms with van der Waals surface area (Å²) < 4.78 is 5.57. The van der Waals surface area contributed by atoms with Crippen LogP contribution in [-0.2, 0) is 0 Å². The average Bonchev–Trinajstić information content (AvgIpc) is 2.25. The lowest BCUT2D eigenvalue weighted by Crippen LogP contribution is -2.16. The number of nitrogens with two attached hydrogens (primary N) is 1. The van der Waals surface area contributed by atoms with E-state index in [9.17, 15) is 0 Å². The van der Waals surface area contributed by atoms with E-state index >= 15 is 0 Å². The lowest BCUT2D eigenvalue weighted by Gasteiger charge is -2.16. The average molecular weight is 207 g/mol. The third kappa shape index (κ3) is 3.56. The van der Waals surface area contributed by atoms with E-state index in [-0.39, 0.29) is 6.04 Å². The van der Waals surface area contributed by atoms with E-state index in [0.717, 1.165) is 24.3 Å². The molecule has 0 fully saturated rings. The predicted molar refractivity (Wildman–Crippen MR) is 64.0 cm³/mol. The summed E-state index contributed by atoms with van der Waals surface area (Å²) in [6.45, 7) is 7.12. The molecular weight excluding hydrogens is 186 g/mol. The normalized spacial score (nSPS) is 12.9. The summed E-state index contributed by atoms with van der Waals surface area (Å²) in [5.41, 5.74) is 7.23. The van der Waals surface area contributed by atoms with Gasteiger partial charge in [-0.05, 0) is 30.0 Å². The summed E-state index contributed by atoms with van der Waals surface area (Å²) in [7, 11) is 0. The Morgan fingerprint density at radius 1 is 1.33 bits per heavy atom. The molecule has 2 nitrogen and oxygen atoms in total. The van der Waals surface area contributed by atoms with E-state index in [1.54, 1.807) is 0 Å². The molecule has 1 aromatic rings. The van der Waals surface area contributed by atoms with Crippen LogP contribution in [-0.4, -0.2) is 6.61 Å². The van der Waals surface area contributed by atoms with Gasteiger partial charge in [-0.3, -0.25) is 0 Å². The molecular formula is C13H21NO. The van der Waals surface area contributed by atoms with Gasteiger partial charge in [-0.2, -0.15) is 0 Å². The molecule has 1 atom stereocenters. The van der Waals surface area contributed by atoms with Crippen molar-refractivity contribution in [2.45, 2.75) is 33.2 Å². The third-order valence-electron chi connectivity index (χ3n) is 2.43. The molecule has 0 aliphatic carbocycles. The van der Waals surface area contributed by atoms with Gasteiger partial charge in [-0.25, -0.2) is 0 Å². The van der Waals surface area contributed by atoms with E-state index in [4.69, 9.17) is 10.5 Å². The van der Waals surface area contributed by atoms with Gasteiger partial charge < -0.3 is 10.5 Å². The van der Waals surface area contributed by atoms with Gasteiger partial charge in [0.1, 0.15) is 5.75 Å². The van der Waals surface area contributed by atoms with Crippen LogP contribution < -0.4 is 10.5 Å². The standard InChI is InChI=1S/C13H21NO/c1-4-8-15-12-7-5-6-11(9-12)13(14)10(2)3/h5-7,9-10,13H,4,8,14H2,1-3H3/t13-/m1/s1. The van der Waals surface area contributed by atoms with Crippen LogP contribution in [0, 0.1) is 5.92 Å². The van der Waals surface area contributed by atoms with E-state index in [2.05, 4.69) is 26.8 Å². The number of ether oxygens (including phenoxy) is 1. The van der Waals surface area contributed by atoms with Gasteiger partial charge in [0.2, 0.25) is 0 Å². The van der Waals surface area contributed by atoms with Crippen molar-refractivity contribution in [3.05, 3.63) is 29.8 Å². The zero-order valence-corrected chi connectivity index (χ0v) is 9.86. The maximum atomic E-state index is 6.08. The molecule has 0 spiro atoms. The monoisotopic (exact) mass is 207 g/mol. The molecule has 0 amide bonds. The first-order valence-electron chi connectivity index (χ1n) is 5.63. The van der Waals surface area contributed by atoms with E-state index in [0.29, 0.717) is 5.92 Å². The van der Waals surface area contributed by atoms with Crippen molar-refractivity contribution >= 4 is 0 Å². The van der Waals surface area contributed by atoms with E-state index < -0.39 is 0 Å². The molecule has 1 rings (SSSR count). The second-order valence-electron chi connectivity index (χ2n) is 4.19. The second-order valence-corrected chi connectivity index (χ2v) is 4.19. The third-order valence-corrected chi connectivity index (χ3v) is 2.43. The maximum Gasteiger partial charge on any atom is 0.119 e. The van der Waals surface area contributed by atoms with Crippen LogP contribution in [0.2, 0.25) is 0 Å². The lowest BCUT2D eigenvalue weighted by molar-refractivity contribution is 0.316. The van der Waals surface area contributed by atoms with Crippen molar-refractivity contribution in [2.75, 3.05) is 6.61 Å². The van der Waals surface area contributed by atoms with Crippen molar-refractivity contribution in [1.82, 2.24) is 0 Å². The second kappa shape index (κ2) is 5.76. The minimum Gasteiger partial charge on any atom is -0.494 e. The van der Waals surface area contributed by atoms with Crippen LogP contribution in [0.4, 0.5) is 0 Å². The molecule has 15 heavy (non-hydrogen) atoms. The summed E-state index contributed by atoms with van der Waals surface area (Å²) in [6, 6.07) is 8.17. The van der Waals surface area contributed by atoms with Crippen LogP contribution >= 0.6 is 0 Å². The Balaban J connectivity index is 2.73. The number of hydrogen-bond acceptors (Lipinski definition) is 2. The summed E-state index contributed by atoms with van der Waals surface area (Å²) in [5.74, 6) is 1.37. The Hall–Kier alpha value is -1.02. The minimum absolute atomic E-state index is 0.0928. The SMILES string of the molecule is CCCOc1cccc([C@H](N)C(C)C)c1. The molecule has 0 radical (unpaired) electrons. The van der Waals surface area contributed by atoms with Crippen LogP contribution in [0.25, 0.3) is 0 Å². The topological polar surface area (TPSA) is 35.2 Å². The van der Waals surface area contributed by atoms with Crippen molar-refractivity contribution in [3.63, 3.8) is 0 Å². The van der Waals surface area contributed by atoms with E-state index in [1.807, 2.05) is 18.2 Å². The minimum atomic E-state index is 0.0928. The molecule has 0 heterocycles. The van der Waals surface area contributed by atoms with Crippen molar-refractivity contribution in [1.29, 1.82) is 0 Å². The molecule has 0 aromatic heterocycles. The van der Waals surface area contributed by atoms with Crippen molar-refractivity contribution < 1.29 is 4.74 Å². The van der Waals surface area contributed by atoms with Crippen LogP contribution in [0.5, 0.6) is 5.75 Å².